The Morgan fingerprint density at radius 2 is 2.45 bits per heavy atom. The lowest BCUT2D eigenvalue weighted by atomic mass is 10.2. The highest BCUT2D eigenvalue weighted by molar-refractivity contribution is 7.07. The van der Waals surface area contributed by atoms with E-state index in [0.29, 0.717) is 12.2 Å². The maximum absolute atomic E-state index is 11.9. The molecule has 0 spiro atoms. The van der Waals surface area contributed by atoms with E-state index in [1.807, 2.05) is 16.8 Å². The van der Waals surface area contributed by atoms with Gasteiger partial charge in [0.25, 0.3) is 5.56 Å². The van der Waals surface area contributed by atoms with Crippen molar-refractivity contribution in [1.82, 2.24) is 9.78 Å². The van der Waals surface area contributed by atoms with Crippen molar-refractivity contribution in [3.8, 4) is 0 Å². The molecule has 20 heavy (non-hydrogen) atoms. The Bertz CT molecular complexity index is 640. The summed E-state index contributed by atoms with van der Waals surface area (Å²) < 4.78 is 1.22. The summed E-state index contributed by atoms with van der Waals surface area (Å²) in [5.74, 6) is 0. The molecule has 0 saturated carbocycles. The molecule has 106 valence electrons. The van der Waals surface area contributed by atoms with Crippen LogP contribution in [0, 0.1) is 0 Å². The summed E-state index contributed by atoms with van der Waals surface area (Å²) in [6, 6.07) is 1.85. The van der Waals surface area contributed by atoms with Crippen molar-refractivity contribution in [2.45, 2.75) is 12.6 Å². The van der Waals surface area contributed by atoms with Crippen LogP contribution in [0.5, 0.6) is 0 Å². The minimum absolute atomic E-state index is 0.0550. The number of nitrogens with one attached hydrogen (secondary N) is 1. The van der Waals surface area contributed by atoms with Crippen LogP contribution in [-0.2, 0) is 6.54 Å². The molecule has 0 aromatic carbocycles. The Morgan fingerprint density at radius 3 is 3.10 bits per heavy atom. The monoisotopic (exact) mass is 311 g/mol. The Balaban J connectivity index is 2.09. The SMILES string of the molecule is C=CCn1ncc(NCC(O)c2ccsc2)c(Cl)c1=O. The molecule has 0 fully saturated rings. The van der Waals surface area contributed by atoms with Crippen LogP contribution < -0.4 is 10.9 Å². The van der Waals surface area contributed by atoms with Crippen molar-refractivity contribution in [2.24, 2.45) is 0 Å². The Morgan fingerprint density at radius 1 is 1.65 bits per heavy atom. The molecule has 2 aromatic heterocycles. The van der Waals surface area contributed by atoms with Crippen LogP contribution in [0.3, 0.4) is 0 Å². The molecule has 0 saturated heterocycles. The maximum Gasteiger partial charge on any atom is 0.287 e. The largest absolute Gasteiger partial charge is 0.387 e. The molecule has 2 heterocycles. The fourth-order valence-electron chi connectivity index (χ4n) is 1.63. The van der Waals surface area contributed by atoms with Crippen LogP contribution in [0.25, 0.3) is 0 Å². The van der Waals surface area contributed by atoms with Crippen LogP contribution in [0.1, 0.15) is 11.7 Å². The summed E-state index contributed by atoms with van der Waals surface area (Å²) in [5, 5.41) is 20.7. The number of aliphatic hydroxyl groups is 1. The van der Waals surface area contributed by atoms with Gasteiger partial charge in [0.05, 0.1) is 24.5 Å². The van der Waals surface area contributed by atoms with Gasteiger partial charge in [0.1, 0.15) is 5.02 Å². The summed E-state index contributed by atoms with van der Waals surface area (Å²) in [6.07, 6.45) is 2.37. The van der Waals surface area contributed by atoms with Gasteiger partial charge in [-0.25, -0.2) is 4.68 Å². The molecule has 0 aliphatic carbocycles. The number of hydrogen-bond donors (Lipinski definition) is 2. The molecule has 1 unspecified atom stereocenters. The highest BCUT2D eigenvalue weighted by atomic mass is 35.5. The molecule has 0 radical (unpaired) electrons. The van der Waals surface area contributed by atoms with Crippen molar-refractivity contribution >= 4 is 28.6 Å². The van der Waals surface area contributed by atoms with E-state index in [-0.39, 0.29) is 17.1 Å². The first-order chi connectivity index (χ1) is 9.63. The van der Waals surface area contributed by atoms with E-state index in [0.717, 1.165) is 5.56 Å². The topological polar surface area (TPSA) is 67.2 Å². The first-order valence-corrected chi connectivity index (χ1v) is 7.26. The smallest absolute Gasteiger partial charge is 0.287 e. The van der Waals surface area contributed by atoms with Gasteiger partial charge in [0.2, 0.25) is 0 Å². The summed E-state index contributed by atoms with van der Waals surface area (Å²) >= 11 is 7.51. The zero-order chi connectivity index (χ0) is 14.5. The second kappa shape index (κ2) is 6.69. The number of halogens is 1. The quantitative estimate of drug-likeness (QED) is 0.803. The van der Waals surface area contributed by atoms with Gasteiger partial charge in [-0.15, -0.1) is 6.58 Å². The summed E-state index contributed by atoms with van der Waals surface area (Å²) in [4.78, 5) is 11.9. The number of thiophene rings is 1. The van der Waals surface area contributed by atoms with E-state index in [1.165, 1.54) is 22.2 Å². The molecule has 0 amide bonds. The number of aliphatic hydroxyl groups excluding tert-OH is 1. The summed E-state index contributed by atoms with van der Waals surface area (Å²) in [7, 11) is 0. The normalized spacial score (nSPS) is 12.1. The molecule has 5 nitrogen and oxygen atoms in total. The fourth-order valence-corrected chi connectivity index (χ4v) is 2.55. The summed E-state index contributed by atoms with van der Waals surface area (Å²) in [5.41, 5.74) is 0.847. The van der Waals surface area contributed by atoms with E-state index in [2.05, 4.69) is 17.0 Å². The number of nitrogens with zero attached hydrogens (tertiary/aromatic N) is 2. The maximum atomic E-state index is 11.9. The summed E-state index contributed by atoms with van der Waals surface area (Å²) in [6.45, 7) is 4.10. The van der Waals surface area contributed by atoms with Gasteiger partial charge in [-0.1, -0.05) is 17.7 Å². The first kappa shape index (κ1) is 14.8. The lowest BCUT2D eigenvalue weighted by molar-refractivity contribution is 0.192. The zero-order valence-corrected chi connectivity index (χ0v) is 12.2. The molecular weight excluding hydrogens is 298 g/mol. The van der Waals surface area contributed by atoms with Crippen molar-refractivity contribution in [3.63, 3.8) is 0 Å². The fraction of sp³-hybridized carbons (Fsp3) is 0.231. The second-order valence-corrected chi connectivity index (χ2v) is 5.26. The standard InChI is InChI=1S/C13H14ClN3O2S/c1-2-4-17-13(19)12(14)10(6-16-17)15-7-11(18)9-3-5-20-8-9/h2-3,5-6,8,11,15,18H,1,4,7H2. The number of rotatable bonds is 6. The lowest BCUT2D eigenvalue weighted by Crippen LogP contribution is -2.24. The molecule has 2 aromatic rings. The van der Waals surface area contributed by atoms with Crippen LogP contribution >= 0.6 is 22.9 Å². The van der Waals surface area contributed by atoms with Crippen LogP contribution in [0.4, 0.5) is 5.69 Å². The number of aromatic nitrogens is 2. The van der Waals surface area contributed by atoms with Crippen molar-refractivity contribution in [2.75, 3.05) is 11.9 Å². The zero-order valence-electron chi connectivity index (χ0n) is 10.6. The molecule has 1 atom stereocenters. The number of hydrogen-bond acceptors (Lipinski definition) is 5. The predicted octanol–water partition coefficient (Wildman–Crippen LogP) is 2.29. The average Bonchev–Trinajstić information content (AvgIpc) is 2.97. The average molecular weight is 312 g/mol. The lowest BCUT2D eigenvalue weighted by Gasteiger charge is -2.13. The van der Waals surface area contributed by atoms with E-state index in [4.69, 9.17) is 11.6 Å². The van der Waals surface area contributed by atoms with Crippen LogP contribution in [-0.4, -0.2) is 21.4 Å². The third-order valence-electron chi connectivity index (χ3n) is 2.70. The van der Waals surface area contributed by atoms with Crippen LogP contribution in [0.15, 0.2) is 40.5 Å². The number of allylic oxidation sites excluding steroid dienone is 1. The minimum atomic E-state index is -0.659. The molecule has 2 N–H and O–H groups in total. The van der Waals surface area contributed by atoms with Gasteiger partial charge >= 0.3 is 0 Å². The van der Waals surface area contributed by atoms with Gasteiger partial charge in [-0.3, -0.25) is 4.79 Å². The number of anilines is 1. The third-order valence-corrected chi connectivity index (χ3v) is 3.77. The van der Waals surface area contributed by atoms with Crippen LogP contribution in [0.2, 0.25) is 5.02 Å². The third kappa shape index (κ3) is 3.27. The minimum Gasteiger partial charge on any atom is -0.387 e. The van der Waals surface area contributed by atoms with Gasteiger partial charge in [-0.2, -0.15) is 16.4 Å². The highest BCUT2D eigenvalue weighted by Crippen LogP contribution is 2.19. The molecule has 2 rings (SSSR count). The van der Waals surface area contributed by atoms with Gasteiger partial charge in [-0.05, 0) is 22.4 Å². The molecule has 7 heteroatoms. The Labute approximate surface area is 125 Å². The predicted molar refractivity (Wildman–Crippen MR) is 81.5 cm³/mol. The first-order valence-electron chi connectivity index (χ1n) is 5.94. The van der Waals surface area contributed by atoms with Crippen molar-refractivity contribution in [3.05, 3.63) is 56.6 Å². The molecule has 0 bridgehead atoms. The van der Waals surface area contributed by atoms with Gasteiger partial charge in [0, 0.05) is 6.54 Å². The van der Waals surface area contributed by atoms with Gasteiger partial charge < -0.3 is 10.4 Å². The van der Waals surface area contributed by atoms with E-state index in [9.17, 15) is 9.90 Å². The van der Waals surface area contributed by atoms with Crippen molar-refractivity contribution < 1.29 is 5.11 Å². The van der Waals surface area contributed by atoms with Crippen molar-refractivity contribution in [1.29, 1.82) is 0 Å². The molecular formula is C13H14ClN3O2S. The van der Waals surface area contributed by atoms with Gasteiger partial charge in [0.15, 0.2) is 0 Å². The Kier molecular flexibility index (Phi) is 4.94. The van der Waals surface area contributed by atoms with E-state index < -0.39 is 6.10 Å². The second-order valence-electron chi connectivity index (χ2n) is 4.10. The van der Waals surface area contributed by atoms with E-state index >= 15 is 0 Å². The molecule has 0 aliphatic rings. The highest BCUT2D eigenvalue weighted by Gasteiger charge is 2.11. The van der Waals surface area contributed by atoms with E-state index in [1.54, 1.807) is 6.08 Å². The Hall–Kier alpha value is -1.63. The molecule has 0 aliphatic heterocycles.